The van der Waals surface area contributed by atoms with Gasteiger partial charge >= 0.3 is 5.97 Å². The zero-order valence-electron chi connectivity index (χ0n) is 11.5. The minimum atomic E-state index is -0.829. The molecule has 1 atom stereocenters. The number of piperidine rings is 1. The molecular formula is C13H19N3O4. The van der Waals surface area contributed by atoms with Crippen LogP contribution in [-0.2, 0) is 14.4 Å². The molecule has 0 aromatic rings. The molecule has 2 heterocycles. The molecule has 0 radical (unpaired) electrons. The maximum absolute atomic E-state index is 12.3. The molecule has 0 aliphatic carbocycles. The van der Waals surface area contributed by atoms with Crippen molar-refractivity contribution in [3.05, 3.63) is 0 Å². The summed E-state index contributed by atoms with van der Waals surface area (Å²) in [6.45, 7) is 1.09. The van der Waals surface area contributed by atoms with Crippen molar-refractivity contribution in [2.75, 3.05) is 20.1 Å². The van der Waals surface area contributed by atoms with Crippen LogP contribution in [0.2, 0.25) is 0 Å². The first-order chi connectivity index (χ1) is 9.47. The second-order valence-electron chi connectivity index (χ2n) is 5.32. The lowest BCUT2D eigenvalue weighted by Crippen LogP contribution is -2.45. The van der Waals surface area contributed by atoms with Gasteiger partial charge in [-0.25, -0.2) is 5.01 Å². The summed E-state index contributed by atoms with van der Waals surface area (Å²) in [5, 5.41) is 14.1. The first-order valence-electron chi connectivity index (χ1n) is 6.82. The maximum Gasteiger partial charge on any atom is 0.303 e. The second-order valence-corrected chi connectivity index (χ2v) is 5.32. The summed E-state index contributed by atoms with van der Waals surface area (Å²) in [6.07, 6.45) is 2.40. The molecule has 2 aliphatic rings. The fourth-order valence-corrected chi connectivity index (χ4v) is 2.67. The van der Waals surface area contributed by atoms with E-state index in [0.29, 0.717) is 31.6 Å². The lowest BCUT2D eigenvalue weighted by molar-refractivity contribution is -0.139. The standard InChI is InChI=1S/C13H19N3O4/c1-15-11(17)5-4-10(14-15)13(20)16-6-2-3-9(8-16)7-12(18)19/h9H,2-8H2,1H3,(H,18,19). The summed E-state index contributed by atoms with van der Waals surface area (Å²) < 4.78 is 0. The summed E-state index contributed by atoms with van der Waals surface area (Å²) in [5.74, 6) is -1.08. The van der Waals surface area contributed by atoms with Gasteiger partial charge in [-0.3, -0.25) is 14.4 Å². The van der Waals surface area contributed by atoms with Crippen LogP contribution in [0, 0.1) is 5.92 Å². The van der Waals surface area contributed by atoms with Crippen LogP contribution in [0.3, 0.4) is 0 Å². The topological polar surface area (TPSA) is 90.3 Å². The molecule has 7 nitrogen and oxygen atoms in total. The Balaban J connectivity index is 2.00. The van der Waals surface area contributed by atoms with Crippen molar-refractivity contribution in [2.24, 2.45) is 11.0 Å². The lowest BCUT2D eigenvalue weighted by atomic mass is 9.94. The van der Waals surface area contributed by atoms with Gasteiger partial charge < -0.3 is 10.0 Å². The average molecular weight is 281 g/mol. The number of hydrogen-bond acceptors (Lipinski definition) is 4. The van der Waals surface area contributed by atoms with Gasteiger partial charge in [0.15, 0.2) is 0 Å². The van der Waals surface area contributed by atoms with Gasteiger partial charge in [0.05, 0.1) is 0 Å². The molecule has 1 saturated heterocycles. The Morgan fingerprint density at radius 2 is 2.15 bits per heavy atom. The molecular weight excluding hydrogens is 262 g/mol. The highest BCUT2D eigenvalue weighted by Crippen LogP contribution is 2.21. The fourth-order valence-electron chi connectivity index (χ4n) is 2.67. The zero-order valence-corrected chi connectivity index (χ0v) is 11.5. The number of carbonyl (C=O) groups is 3. The fraction of sp³-hybridized carbons (Fsp3) is 0.692. The minimum absolute atomic E-state index is 0.00810. The Hall–Kier alpha value is -1.92. The van der Waals surface area contributed by atoms with Gasteiger partial charge in [0, 0.05) is 39.4 Å². The van der Waals surface area contributed by atoms with Crippen LogP contribution in [0.4, 0.5) is 0 Å². The maximum atomic E-state index is 12.3. The number of hydrogen-bond donors (Lipinski definition) is 1. The van der Waals surface area contributed by atoms with E-state index in [2.05, 4.69) is 5.10 Å². The first-order valence-corrected chi connectivity index (χ1v) is 6.82. The van der Waals surface area contributed by atoms with E-state index in [0.717, 1.165) is 12.8 Å². The number of nitrogens with zero attached hydrogens (tertiary/aromatic N) is 3. The Morgan fingerprint density at radius 1 is 1.40 bits per heavy atom. The molecule has 1 N–H and O–H groups in total. The van der Waals surface area contributed by atoms with Crippen LogP contribution in [0.25, 0.3) is 0 Å². The number of amides is 2. The highest BCUT2D eigenvalue weighted by Gasteiger charge is 2.30. The third-order valence-corrected chi connectivity index (χ3v) is 3.72. The molecule has 0 aromatic carbocycles. The van der Waals surface area contributed by atoms with Gasteiger partial charge in [-0.2, -0.15) is 5.10 Å². The summed E-state index contributed by atoms with van der Waals surface area (Å²) in [4.78, 5) is 36.1. The predicted molar refractivity (Wildman–Crippen MR) is 71.0 cm³/mol. The Bertz CT molecular complexity index is 461. The number of carboxylic acid groups (broad SMARTS) is 1. The number of carboxylic acids is 1. The van der Waals surface area contributed by atoms with Gasteiger partial charge in [-0.15, -0.1) is 0 Å². The van der Waals surface area contributed by atoms with Crippen LogP contribution in [0.15, 0.2) is 5.10 Å². The molecule has 0 saturated carbocycles. The normalized spacial score (nSPS) is 23.6. The third-order valence-electron chi connectivity index (χ3n) is 3.72. The summed E-state index contributed by atoms with van der Waals surface area (Å²) in [7, 11) is 1.54. The van der Waals surface area contributed by atoms with E-state index in [-0.39, 0.29) is 24.2 Å². The quantitative estimate of drug-likeness (QED) is 0.806. The van der Waals surface area contributed by atoms with E-state index in [4.69, 9.17) is 5.11 Å². The molecule has 20 heavy (non-hydrogen) atoms. The highest BCUT2D eigenvalue weighted by atomic mass is 16.4. The number of hydrazone groups is 1. The van der Waals surface area contributed by atoms with Gasteiger partial charge in [0.2, 0.25) is 5.91 Å². The van der Waals surface area contributed by atoms with Crippen molar-refractivity contribution in [1.82, 2.24) is 9.91 Å². The second kappa shape index (κ2) is 6.02. The molecule has 1 fully saturated rings. The smallest absolute Gasteiger partial charge is 0.303 e. The largest absolute Gasteiger partial charge is 0.481 e. The number of aliphatic carboxylic acids is 1. The van der Waals surface area contributed by atoms with Crippen molar-refractivity contribution < 1.29 is 19.5 Å². The third kappa shape index (κ3) is 3.34. The average Bonchev–Trinajstić information content (AvgIpc) is 2.40. The van der Waals surface area contributed by atoms with Crippen LogP contribution in [0.5, 0.6) is 0 Å². The van der Waals surface area contributed by atoms with Gasteiger partial charge in [-0.05, 0) is 18.8 Å². The first kappa shape index (κ1) is 14.5. The van der Waals surface area contributed by atoms with Crippen molar-refractivity contribution in [3.63, 3.8) is 0 Å². The molecule has 2 amide bonds. The van der Waals surface area contributed by atoms with E-state index >= 15 is 0 Å². The molecule has 1 unspecified atom stereocenters. The minimum Gasteiger partial charge on any atom is -0.481 e. The molecule has 0 aromatic heterocycles. The van der Waals surface area contributed by atoms with E-state index in [9.17, 15) is 14.4 Å². The molecule has 2 aliphatic heterocycles. The zero-order chi connectivity index (χ0) is 14.7. The summed E-state index contributed by atoms with van der Waals surface area (Å²) in [6, 6.07) is 0. The number of carbonyl (C=O) groups excluding carboxylic acids is 2. The predicted octanol–water partition coefficient (Wildman–Crippen LogP) is 0.308. The van der Waals surface area contributed by atoms with Crippen LogP contribution < -0.4 is 0 Å². The molecule has 2 rings (SSSR count). The summed E-state index contributed by atoms with van der Waals surface area (Å²) >= 11 is 0. The van der Waals surface area contributed by atoms with Crippen LogP contribution in [0.1, 0.15) is 32.1 Å². The van der Waals surface area contributed by atoms with Gasteiger partial charge in [0.25, 0.3) is 5.91 Å². The Kier molecular flexibility index (Phi) is 4.36. The van der Waals surface area contributed by atoms with E-state index < -0.39 is 5.97 Å². The molecule has 110 valence electrons. The van der Waals surface area contributed by atoms with Crippen LogP contribution >= 0.6 is 0 Å². The lowest BCUT2D eigenvalue weighted by Gasteiger charge is -2.33. The molecule has 0 spiro atoms. The number of rotatable bonds is 3. The number of likely N-dealkylation sites (tertiary alicyclic amines) is 1. The Labute approximate surface area is 117 Å². The van der Waals surface area contributed by atoms with Crippen molar-refractivity contribution in [3.8, 4) is 0 Å². The van der Waals surface area contributed by atoms with Gasteiger partial charge in [0.1, 0.15) is 5.71 Å². The molecule has 0 bridgehead atoms. The van der Waals surface area contributed by atoms with Crippen molar-refractivity contribution in [2.45, 2.75) is 32.1 Å². The highest BCUT2D eigenvalue weighted by molar-refractivity contribution is 6.39. The Morgan fingerprint density at radius 3 is 2.80 bits per heavy atom. The van der Waals surface area contributed by atoms with E-state index in [1.54, 1.807) is 4.90 Å². The van der Waals surface area contributed by atoms with Gasteiger partial charge in [-0.1, -0.05) is 0 Å². The monoisotopic (exact) mass is 281 g/mol. The SMILES string of the molecule is CN1N=C(C(=O)N2CCCC(CC(=O)O)C2)CCC1=O. The summed E-state index contributed by atoms with van der Waals surface area (Å²) in [5.41, 5.74) is 0.392. The van der Waals surface area contributed by atoms with E-state index in [1.165, 1.54) is 12.1 Å². The van der Waals surface area contributed by atoms with Crippen molar-refractivity contribution in [1.29, 1.82) is 0 Å². The van der Waals surface area contributed by atoms with Crippen molar-refractivity contribution >= 4 is 23.5 Å². The molecule has 7 heteroatoms. The van der Waals surface area contributed by atoms with E-state index in [1.807, 2.05) is 0 Å². The van der Waals surface area contributed by atoms with Crippen LogP contribution in [-0.4, -0.2) is 58.6 Å².